The lowest BCUT2D eigenvalue weighted by Crippen LogP contribution is -2.20. The van der Waals surface area contributed by atoms with E-state index in [0.717, 1.165) is 44.2 Å². The number of hydrogen-bond acceptors (Lipinski definition) is 3. The smallest absolute Gasteiger partial charge is 0.420 e. The van der Waals surface area contributed by atoms with Crippen LogP contribution < -0.4 is 4.74 Å². The Morgan fingerprint density at radius 3 is 2.00 bits per heavy atom. The molecule has 9 heteroatoms. The third-order valence-corrected chi connectivity index (χ3v) is 5.96. The lowest BCUT2D eigenvalue weighted by atomic mass is 9.79. The fraction of sp³-hybridized carbons (Fsp3) is 0.565. The Labute approximate surface area is 183 Å². The normalized spacial score (nSPS) is 19.8. The van der Waals surface area contributed by atoms with Crippen LogP contribution in [0.4, 0.5) is 26.3 Å². The summed E-state index contributed by atoms with van der Waals surface area (Å²) in [6.45, 7) is 3.35. The minimum Gasteiger partial charge on any atom is -0.493 e. The number of halogens is 6. The maximum absolute atomic E-state index is 13.8. The molecule has 0 aliphatic heterocycles. The molecule has 0 N–H and O–H groups in total. The van der Waals surface area contributed by atoms with Crippen molar-refractivity contribution in [2.45, 2.75) is 70.6 Å². The highest BCUT2D eigenvalue weighted by Gasteiger charge is 2.47. The second-order valence-electron chi connectivity index (χ2n) is 8.14. The average molecular weight is 460 g/mol. The van der Waals surface area contributed by atoms with E-state index in [1.807, 2.05) is 0 Å². The number of nitrogens with zero attached hydrogens (tertiary/aromatic N) is 2. The zero-order chi connectivity index (χ0) is 23.5. The van der Waals surface area contributed by atoms with Crippen LogP contribution in [0.2, 0.25) is 0 Å². The molecule has 0 radical (unpaired) electrons. The van der Waals surface area contributed by atoms with Crippen molar-refractivity contribution >= 4 is 0 Å². The highest BCUT2D eigenvalue weighted by atomic mass is 19.4. The predicted molar refractivity (Wildman–Crippen MR) is 108 cm³/mol. The van der Waals surface area contributed by atoms with Crippen LogP contribution in [0.5, 0.6) is 5.75 Å². The fourth-order valence-electron chi connectivity index (χ4n) is 4.51. The van der Waals surface area contributed by atoms with Gasteiger partial charge in [-0.15, -0.1) is 0 Å². The standard InChI is InChI=1S/C23H26F6N2O/c1-3-5-14-6-8-15(9-7-14)17-11-12-18(31-30-17)16-10-13-19(32-4-2)21(23(27,28)29)20(16)22(24,25)26/h10-15H,3-9H2,1-2H3. The van der Waals surface area contributed by atoms with Crippen molar-refractivity contribution in [2.24, 2.45) is 5.92 Å². The molecule has 3 nitrogen and oxygen atoms in total. The number of benzene rings is 1. The van der Waals surface area contributed by atoms with E-state index < -0.39 is 34.8 Å². The van der Waals surface area contributed by atoms with Crippen LogP contribution in [-0.4, -0.2) is 16.8 Å². The average Bonchev–Trinajstić information content (AvgIpc) is 2.73. The first kappa shape index (κ1) is 24.3. The van der Waals surface area contributed by atoms with Crippen LogP contribution >= 0.6 is 0 Å². The molecule has 32 heavy (non-hydrogen) atoms. The van der Waals surface area contributed by atoms with Gasteiger partial charge in [-0.05, 0) is 62.8 Å². The second-order valence-corrected chi connectivity index (χ2v) is 8.14. The molecular formula is C23H26F6N2O. The first-order valence-electron chi connectivity index (χ1n) is 10.8. The number of rotatable bonds is 6. The van der Waals surface area contributed by atoms with Crippen molar-refractivity contribution in [1.29, 1.82) is 0 Å². The molecule has 1 fully saturated rings. The SMILES string of the molecule is CCCC1CCC(c2ccc(-c3ccc(OCC)c(C(F)(F)F)c3C(F)(F)F)nn2)CC1. The monoisotopic (exact) mass is 460 g/mol. The van der Waals surface area contributed by atoms with E-state index in [2.05, 4.69) is 17.1 Å². The molecule has 1 saturated carbocycles. The summed E-state index contributed by atoms with van der Waals surface area (Å²) in [6.07, 6.45) is -4.23. The molecule has 1 aromatic heterocycles. The van der Waals surface area contributed by atoms with Crippen LogP contribution in [-0.2, 0) is 12.4 Å². The minimum atomic E-state index is -5.26. The fourth-order valence-corrected chi connectivity index (χ4v) is 4.51. The molecule has 2 aromatic rings. The van der Waals surface area contributed by atoms with Gasteiger partial charge in [0.25, 0.3) is 0 Å². The van der Waals surface area contributed by atoms with Gasteiger partial charge < -0.3 is 4.74 Å². The van der Waals surface area contributed by atoms with Gasteiger partial charge in [0.1, 0.15) is 11.3 Å². The molecule has 0 atom stereocenters. The van der Waals surface area contributed by atoms with E-state index in [0.29, 0.717) is 11.6 Å². The summed E-state index contributed by atoms with van der Waals surface area (Å²) in [5, 5.41) is 7.99. The van der Waals surface area contributed by atoms with Crippen molar-refractivity contribution in [3.63, 3.8) is 0 Å². The van der Waals surface area contributed by atoms with Gasteiger partial charge in [0.2, 0.25) is 0 Å². The summed E-state index contributed by atoms with van der Waals surface area (Å²) in [4.78, 5) is 0. The predicted octanol–water partition coefficient (Wildman–Crippen LogP) is 7.65. The van der Waals surface area contributed by atoms with E-state index in [-0.39, 0.29) is 18.2 Å². The number of alkyl halides is 6. The lowest BCUT2D eigenvalue weighted by Gasteiger charge is -2.27. The Kier molecular flexibility index (Phi) is 7.35. The molecular weight excluding hydrogens is 434 g/mol. The van der Waals surface area contributed by atoms with Crippen molar-refractivity contribution in [1.82, 2.24) is 10.2 Å². The maximum atomic E-state index is 13.8. The minimum absolute atomic E-state index is 0.165. The summed E-state index contributed by atoms with van der Waals surface area (Å²) < 4.78 is 87.2. The highest BCUT2D eigenvalue weighted by Crippen LogP contribution is 2.49. The van der Waals surface area contributed by atoms with Gasteiger partial charge in [0, 0.05) is 11.5 Å². The summed E-state index contributed by atoms with van der Waals surface area (Å²) in [5.41, 5.74) is -3.91. The Bertz CT molecular complexity index is 900. The topological polar surface area (TPSA) is 35.0 Å². The number of hydrogen-bond donors (Lipinski definition) is 0. The van der Waals surface area contributed by atoms with Crippen molar-refractivity contribution in [3.05, 3.63) is 41.1 Å². The molecule has 0 amide bonds. The second kappa shape index (κ2) is 9.67. The van der Waals surface area contributed by atoms with Gasteiger partial charge in [0.05, 0.1) is 23.6 Å². The largest absolute Gasteiger partial charge is 0.493 e. The highest BCUT2D eigenvalue weighted by molar-refractivity contribution is 5.69. The van der Waals surface area contributed by atoms with Crippen LogP contribution in [0.15, 0.2) is 24.3 Å². The van der Waals surface area contributed by atoms with Crippen molar-refractivity contribution in [3.8, 4) is 17.0 Å². The number of aromatic nitrogens is 2. The molecule has 1 aliphatic rings. The van der Waals surface area contributed by atoms with E-state index in [9.17, 15) is 26.3 Å². The third-order valence-electron chi connectivity index (χ3n) is 5.96. The first-order valence-corrected chi connectivity index (χ1v) is 10.8. The van der Waals surface area contributed by atoms with Crippen LogP contribution in [0.3, 0.4) is 0 Å². The van der Waals surface area contributed by atoms with Gasteiger partial charge in [-0.25, -0.2) is 0 Å². The van der Waals surface area contributed by atoms with Gasteiger partial charge >= 0.3 is 12.4 Å². The first-order chi connectivity index (χ1) is 15.1. The molecule has 176 valence electrons. The molecule has 0 spiro atoms. The molecule has 3 rings (SSSR count). The lowest BCUT2D eigenvalue weighted by molar-refractivity contribution is -0.162. The quantitative estimate of drug-likeness (QED) is 0.415. The molecule has 1 heterocycles. The van der Waals surface area contributed by atoms with Crippen molar-refractivity contribution < 1.29 is 31.1 Å². The third kappa shape index (κ3) is 5.35. The Morgan fingerprint density at radius 2 is 1.50 bits per heavy atom. The van der Waals surface area contributed by atoms with Gasteiger partial charge in [-0.1, -0.05) is 19.8 Å². The molecule has 1 aliphatic carbocycles. The Hall–Kier alpha value is -2.32. The van der Waals surface area contributed by atoms with Gasteiger partial charge in [-0.2, -0.15) is 36.5 Å². The van der Waals surface area contributed by atoms with Crippen molar-refractivity contribution in [2.75, 3.05) is 6.61 Å². The van der Waals surface area contributed by atoms with E-state index >= 15 is 0 Å². The summed E-state index contributed by atoms with van der Waals surface area (Å²) in [7, 11) is 0. The molecule has 1 aromatic carbocycles. The van der Waals surface area contributed by atoms with E-state index in [4.69, 9.17) is 4.74 Å². The molecule has 0 bridgehead atoms. The summed E-state index contributed by atoms with van der Waals surface area (Å²) >= 11 is 0. The Balaban J connectivity index is 1.97. The van der Waals surface area contributed by atoms with E-state index in [1.54, 1.807) is 6.07 Å². The van der Waals surface area contributed by atoms with Crippen LogP contribution in [0.25, 0.3) is 11.3 Å². The van der Waals surface area contributed by atoms with Crippen LogP contribution in [0.1, 0.15) is 75.1 Å². The van der Waals surface area contributed by atoms with Crippen LogP contribution in [0, 0.1) is 5.92 Å². The molecule has 0 unspecified atom stereocenters. The zero-order valence-corrected chi connectivity index (χ0v) is 18.0. The van der Waals surface area contributed by atoms with Gasteiger partial charge in [-0.3, -0.25) is 0 Å². The summed E-state index contributed by atoms with van der Waals surface area (Å²) in [5.74, 6) is -0.00947. The summed E-state index contributed by atoms with van der Waals surface area (Å²) in [6, 6.07) is 4.77. The van der Waals surface area contributed by atoms with Gasteiger partial charge in [0.15, 0.2) is 0 Å². The Morgan fingerprint density at radius 1 is 0.844 bits per heavy atom. The van der Waals surface area contributed by atoms with E-state index in [1.165, 1.54) is 19.4 Å². The number of ether oxygens (including phenoxy) is 1. The maximum Gasteiger partial charge on any atom is 0.420 e. The zero-order valence-electron chi connectivity index (χ0n) is 18.0. The molecule has 0 saturated heterocycles.